The van der Waals surface area contributed by atoms with Crippen molar-refractivity contribution < 1.29 is 24.2 Å². The van der Waals surface area contributed by atoms with Crippen molar-refractivity contribution in [3.63, 3.8) is 0 Å². The van der Waals surface area contributed by atoms with Crippen LogP contribution in [0.25, 0.3) is 0 Å². The Labute approximate surface area is 129 Å². The molecule has 0 unspecified atom stereocenters. The van der Waals surface area contributed by atoms with Crippen LogP contribution in [-0.2, 0) is 14.3 Å². The van der Waals surface area contributed by atoms with Gasteiger partial charge in [-0.05, 0) is 18.6 Å². The molecule has 1 fully saturated rings. The van der Waals surface area contributed by atoms with Gasteiger partial charge in [-0.3, -0.25) is 4.79 Å². The molecule has 6 heteroatoms. The number of para-hydroxylation sites is 1. The number of rotatable bonds is 6. The lowest BCUT2D eigenvalue weighted by Crippen LogP contribution is -2.54. The van der Waals surface area contributed by atoms with E-state index in [4.69, 9.17) is 14.6 Å². The standard InChI is InChI=1S/C16H21NO5/c1-12(7-9-22-13-5-3-2-4-6-13)15(18)17-8-10-21-11-14(17)16(19)20/h2-6,12,14H,7-11H2,1H3,(H,19,20)/t12-,14+/m1/s1. The Hall–Kier alpha value is -2.08. The molecule has 0 spiro atoms. The third-order valence-corrected chi connectivity index (χ3v) is 3.68. The average Bonchev–Trinajstić information content (AvgIpc) is 2.55. The van der Waals surface area contributed by atoms with Crippen molar-refractivity contribution in [3.05, 3.63) is 30.3 Å². The summed E-state index contributed by atoms with van der Waals surface area (Å²) in [5.74, 6) is -0.714. The average molecular weight is 307 g/mol. The summed E-state index contributed by atoms with van der Waals surface area (Å²) in [6.45, 7) is 2.96. The molecule has 0 aliphatic carbocycles. The molecule has 0 radical (unpaired) electrons. The first-order valence-electron chi connectivity index (χ1n) is 7.38. The predicted octanol–water partition coefficient (Wildman–Crippen LogP) is 1.40. The molecule has 6 nitrogen and oxygen atoms in total. The second-order valence-electron chi connectivity index (χ2n) is 5.31. The van der Waals surface area contributed by atoms with Crippen LogP contribution in [0, 0.1) is 5.92 Å². The van der Waals surface area contributed by atoms with Crippen molar-refractivity contribution in [1.82, 2.24) is 4.90 Å². The summed E-state index contributed by atoms with van der Waals surface area (Å²) in [7, 11) is 0. The fourth-order valence-corrected chi connectivity index (χ4v) is 2.35. The van der Waals surface area contributed by atoms with E-state index in [0.717, 1.165) is 5.75 Å². The van der Waals surface area contributed by atoms with Gasteiger partial charge in [-0.1, -0.05) is 25.1 Å². The van der Waals surface area contributed by atoms with E-state index in [0.29, 0.717) is 26.2 Å². The van der Waals surface area contributed by atoms with Crippen molar-refractivity contribution in [2.75, 3.05) is 26.4 Å². The molecule has 2 rings (SSSR count). The number of amides is 1. The number of ether oxygens (including phenoxy) is 2. The summed E-state index contributed by atoms with van der Waals surface area (Å²) in [5.41, 5.74) is 0. The number of carbonyl (C=O) groups excluding carboxylic acids is 1. The quantitative estimate of drug-likeness (QED) is 0.860. The highest BCUT2D eigenvalue weighted by molar-refractivity contribution is 5.85. The maximum atomic E-state index is 12.4. The van der Waals surface area contributed by atoms with Crippen LogP contribution >= 0.6 is 0 Å². The third-order valence-electron chi connectivity index (χ3n) is 3.68. The van der Waals surface area contributed by atoms with Crippen LogP contribution in [0.2, 0.25) is 0 Å². The number of aliphatic carboxylic acids is 1. The maximum Gasteiger partial charge on any atom is 0.328 e. The summed E-state index contributed by atoms with van der Waals surface area (Å²) in [5, 5.41) is 9.17. The van der Waals surface area contributed by atoms with Gasteiger partial charge in [0.15, 0.2) is 6.04 Å². The van der Waals surface area contributed by atoms with Gasteiger partial charge >= 0.3 is 5.97 Å². The van der Waals surface area contributed by atoms with Crippen molar-refractivity contribution in [3.8, 4) is 5.75 Å². The van der Waals surface area contributed by atoms with Crippen LogP contribution in [-0.4, -0.2) is 54.3 Å². The summed E-state index contributed by atoms with van der Waals surface area (Å²) < 4.78 is 10.7. The van der Waals surface area contributed by atoms with Crippen LogP contribution in [0.15, 0.2) is 30.3 Å². The Morgan fingerprint density at radius 1 is 1.41 bits per heavy atom. The number of nitrogens with zero attached hydrogens (tertiary/aromatic N) is 1. The normalized spacial score (nSPS) is 19.5. The van der Waals surface area contributed by atoms with E-state index in [2.05, 4.69) is 0 Å². The minimum Gasteiger partial charge on any atom is -0.494 e. The number of carboxylic acid groups (broad SMARTS) is 1. The van der Waals surface area contributed by atoms with Gasteiger partial charge in [0.25, 0.3) is 0 Å². The molecule has 22 heavy (non-hydrogen) atoms. The molecule has 1 amide bonds. The predicted molar refractivity (Wildman–Crippen MR) is 79.7 cm³/mol. The van der Waals surface area contributed by atoms with Crippen molar-refractivity contribution in [2.24, 2.45) is 5.92 Å². The Morgan fingerprint density at radius 3 is 2.82 bits per heavy atom. The zero-order valence-corrected chi connectivity index (χ0v) is 12.6. The number of carbonyl (C=O) groups is 2. The van der Waals surface area contributed by atoms with Gasteiger partial charge in [-0.2, -0.15) is 0 Å². The van der Waals surface area contributed by atoms with Gasteiger partial charge in [0.1, 0.15) is 5.75 Å². The largest absolute Gasteiger partial charge is 0.494 e. The molecule has 0 bridgehead atoms. The molecular formula is C16H21NO5. The summed E-state index contributed by atoms with van der Waals surface area (Å²) in [4.78, 5) is 25.0. The van der Waals surface area contributed by atoms with Crippen molar-refractivity contribution in [1.29, 1.82) is 0 Å². The first-order chi connectivity index (χ1) is 10.6. The molecule has 2 atom stereocenters. The zero-order valence-electron chi connectivity index (χ0n) is 12.6. The van der Waals surface area contributed by atoms with Crippen LogP contribution < -0.4 is 4.74 Å². The molecule has 0 saturated carbocycles. The second-order valence-corrected chi connectivity index (χ2v) is 5.31. The Bertz CT molecular complexity index is 505. The van der Waals surface area contributed by atoms with Crippen LogP contribution in [0.3, 0.4) is 0 Å². The minimum absolute atomic E-state index is 0.0499. The highest BCUT2D eigenvalue weighted by Crippen LogP contribution is 2.16. The molecule has 1 saturated heterocycles. The third kappa shape index (κ3) is 4.21. The van der Waals surface area contributed by atoms with Gasteiger partial charge in [0.2, 0.25) is 5.91 Å². The minimum atomic E-state index is -1.03. The fourth-order valence-electron chi connectivity index (χ4n) is 2.35. The highest BCUT2D eigenvalue weighted by Gasteiger charge is 2.34. The van der Waals surface area contributed by atoms with Gasteiger partial charge in [0, 0.05) is 12.5 Å². The van der Waals surface area contributed by atoms with Crippen LogP contribution in [0.4, 0.5) is 0 Å². The fraction of sp³-hybridized carbons (Fsp3) is 0.500. The lowest BCUT2D eigenvalue weighted by Gasteiger charge is -2.34. The molecule has 1 aromatic rings. The molecule has 1 heterocycles. The number of hydrogen-bond acceptors (Lipinski definition) is 4. The number of carboxylic acids is 1. The lowest BCUT2D eigenvalue weighted by molar-refractivity contribution is -0.160. The van der Waals surface area contributed by atoms with Gasteiger partial charge < -0.3 is 19.5 Å². The van der Waals surface area contributed by atoms with E-state index in [9.17, 15) is 9.59 Å². The number of benzene rings is 1. The summed E-state index contributed by atoms with van der Waals surface area (Å²) >= 11 is 0. The Balaban J connectivity index is 1.84. The Morgan fingerprint density at radius 2 is 2.14 bits per heavy atom. The molecule has 1 aromatic carbocycles. The zero-order chi connectivity index (χ0) is 15.9. The summed E-state index contributed by atoms with van der Waals surface area (Å²) in [6.07, 6.45) is 0.539. The SMILES string of the molecule is C[C@H](CCOc1ccccc1)C(=O)N1CCOC[C@H]1C(=O)O. The van der Waals surface area contributed by atoms with Crippen LogP contribution in [0.5, 0.6) is 5.75 Å². The molecular weight excluding hydrogens is 286 g/mol. The highest BCUT2D eigenvalue weighted by atomic mass is 16.5. The van der Waals surface area contributed by atoms with Gasteiger partial charge in [-0.25, -0.2) is 4.79 Å². The van der Waals surface area contributed by atoms with Gasteiger partial charge in [0.05, 0.1) is 19.8 Å². The van der Waals surface area contributed by atoms with E-state index in [1.54, 1.807) is 6.92 Å². The maximum absolute atomic E-state index is 12.4. The van der Waals surface area contributed by atoms with E-state index in [1.807, 2.05) is 30.3 Å². The Kier molecular flexibility index (Phi) is 5.77. The lowest BCUT2D eigenvalue weighted by atomic mass is 10.0. The number of hydrogen-bond donors (Lipinski definition) is 1. The molecule has 1 aliphatic heterocycles. The van der Waals surface area contributed by atoms with E-state index < -0.39 is 12.0 Å². The number of morpholine rings is 1. The van der Waals surface area contributed by atoms with Gasteiger partial charge in [-0.15, -0.1) is 0 Å². The monoisotopic (exact) mass is 307 g/mol. The first kappa shape index (κ1) is 16.3. The topological polar surface area (TPSA) is 76.1 Å². The van der Waals surface area contributed by atoms with Crippen molar-refractivity contribution >= 4 is 11.9 Å². The summed E-state index contributed by atoms with van der Waals surface area (Å²) in [6, 6.07) is 8.50. The molecule has 1 N–H and O–H groups in total. The molecule has 1 aliphatic rings. The van der Waals surface area contributed by atoms with Crippen LogP contribution in [0.1, 0.15) is 13.3 Å². The van der Waals surface area contributed by atoms with E-state index in [-0.39, 0.29) is 18.4 Å². The van der Waals surface area contributed by atoms with E-state index >= 15 is 0 Å². The van der Waals surface area contributed by atoms with Crippen molar-refractivity contribution in [2.45, 2.75) is 19.4 Å². The first-order valence-corrected chi connectivity index (χ1v) is 7.38. The van der Waals surface area contributed by atoms with E-state index in [1.165, 1.54) is 4.90 Å². The molecule has 120 valence electrons. The smallest absolute Gasteiger partial charge is 0.328 e. The molecule has 0 aromatic heterocycles. The second kappa shape index (κ2) is 7.79.